The third-order valence-electron chi connectivity index (χ3n) is 5.44. The number of hydrogen-bond acceptors (Lipinski definition) is 4. The topological polar surface area (TPSA) is 67.9 Å². The van der Waals surface area contributed by atoms with Crippen LogP contribution in [0.1, 0.15) is 46.4 Å². The van der Waals surface area contributed by atoms with Crippen LogP contribution in [0.3, 0.4) is 0 Å². The average molecular weight is 366 g/mol. The lowest BCUT2D eigenvalue weighted by molar-refractivity contribution is 0.0377. The Balaban J connectivity index is 1.76. The predicted molar refractivity (Wildman–Crippen MR) is 101 cm³/mol. The average Bonchev–Trinajstić information content (AvgIpc) is 2.63. The van der Waals surface area contributed by atoms with Gasteiger partial charge in [-0.2, -0.15) is 0 Å². The monoisotopic (exact) mass is 366 g/mol. The third-order valence-corrected chi connectivity index (χ3v) is 5.44. The fourth-order valence-electron chi connectivity index (χ4n) is 3.87. The highest BCUT2D eigenvalue weighted by molar-refractivity contribution is 5.95. The number of rotatable bonds is 2. The number of fused-ring (bicyclic) bond motifs is 4. The van der Waals surface area contributed by atoms with Gasteiger partial charge < -0.3 is 14.8 Å². The van der Waals surface area contributed by atoms with Crippen molar-refractivity contribution in [2.24, 2.45) is 0 Å². The minimum atomic E-state index is -0.811. The molecule has 27 heavy (non-hydrogen) atoms. The molecule has 0 unspecified atom stereocenters. The van der Waals surface area contributed by atoms with E-state index >= 15 is 0 Å². The molecule has 2 aromatic rings. The molecule has 2 aromatic carbocycles. The van der Waals surface area contributed by atoms with Gasteiger partial charge in [0, 0.05) is 17.7 Å². The van der Waals surface area contributed by atoms with Crippen LogP contribution >= 0.6 is 0 Å². The Morgan fingerprint density at radius 2 is 2.00 bits per heavy atom. The summed E-state index contributed by atoms with van der Waals surface area (Å²) >= 11 is 0. The number of hydrogen-bond donors (Lipinski definition) is 1. The summed E-state index contributed by atoms with van der Waals surface area (Å²) < 4.78 is 11.1. The van der Waals surface area contributed by atoms with E-state index in [0.717, 1.165) is 16.8 Å². The Kier molecular flexibility index (Phi) is 3.87. The predicted octanol–water partition coefficient (Wildman–Crippen LogP) is 3.86. The summed E-state index contributed by atoms with van der Waals surface area (Å²) in [5.41, 5.74) is 3.51. The number of ether oxygens (including phenoxy) is 2. The Hall–Kier alpha value is -3.02. The van der Waals surface area contributed by atoms with Gasteiger partial charge >= 0.3 is 12.0 Å². The van der Waals surface area contributed by atoms with Crippen molar-refractivity contribution in [3.63, 3.8) is 0 Å². The molecule has 2 amide bonds. The van der Waals surface area contributed by atoms with E-state index in [4.69, 9.17) is 9.47 Å². The molecule has 0 aromatic heterocycles. The molecule has 2 heterocycles. The quantitative estimate of drug-likeness (QED) is 0.820. The molecular weight excluding hydrogens is 344 g/mol. The standard InChI is InChI=1S/C21H22N2O4/c1-12-5-7-15(9-13(12)2)23-20(25)22-17-11-21(23,3)27-18-8-6-14(10-16(17)18)19(24)26-4/h5-10,17H,11H2,1-4H3,(H,22,25)/t17-,21+/m1/s1. The van der Waals surface area contributed by atoms with E-state index in [1.165, 1.54) is 12.7 Å². The number of anilines is 1. The molecule has 2 bridgehead atoms. The zero-order valence-electron chi connectivity index (χ0n) is 15.8. The molecule has 0 radical (unpaired) electrons. The largest absolute Gasteiger partial charge is 0.467 e. The minimum absolute atomic E-state index is 0.217. The molecule has 6 nitrogen and oxygen atoms in total. The third kappa shape index (κ3) is 2.72. The lowest BCUT2D eigenvalue weighted by Gasteiger charge is -2.50. The van der Waals surface area contributed by atoms with E-state index in [1.54, 1.807) is 23.1 Å². The van der Waals surface area contributed by atoms with E-state index in [0.29, 0.717) is 17.7 Å². The lowest BCUT2D eigenvalue weighted by Crippen LogP contribution is -2.65. The van der Waals surface area contributed by atoms with Crippen LogP contribution in [0.2, 0.25) is 0 Å². The fraction of sp³-hybridized carbons (Fsp3) is 0.333. The van der Waals surface area contributed by atoms with Crippen molar-refractivity contribution in [2.45, 2.75) is 39.0 Å². The van der Waals surface area contributed by atoms with E-state index in [-0.39, 0.29) is 12.1 Å². The molecule has 2 aliphatic rings. The maximum absolute atomic E-state index is 12.9. The van der Waals surface area contributed by atoms with Gasteiger partial charge in [-0.1, -0.05) is 6.07 Å². The molecule has 140 valence electrons. The summed E-state index contributed by atoms with van der Waals surface area (Å²) in [5, 5.41) is 3.05. The van der Waals surface area contributed by atoms with E-state index < -0.39 is 11.7 Å². The summed E-state index contributed by atoms with van der Waals surface area (Å²) in [6, 6.07) is 10.7. The van der Waals surface area contributed by atoms with Gasteiger partial charge in [-0.25, -0.2) is 9.59 Å². The van der Waals surface area contributed by atoms with Crippen molar-refractivity contribution in [2.75, 3.05) is 12.0 Å². The van der Waals surface area contributed by atoms with Gasteiger partial charge in [0.15, 0.2) is 5.72 Å². The maximum Gasteiger partial charge on any atom is 0.337 e. The summed E-state index contributed by atoms with van der Waals surface area (Å²) in [6.07, 6.45) is 0.573. The fourth-order valence-corrected chi connectivity index (χ4v) is 3.87. The van der Waals surface area contributed by atoms with Crippen molar-refractivity contribution in [1.29, 1.82) is 0 Å². The molecule has 0 saturated carbocycles. The van der Waals surface area contributed by atoms with Gasteiger partial charge in [0.2, 0.25) is 0 Å². The summed E-state index contributed by atoms with van der Waals surface area (Å²) in [5.74, 6) is 0.250. The molecule has 0 spiro atoms. The number of benzene rings is 2. The highest BCUT2D eigenvalue weighted by atomic mass is 16.5. The van der Waals surface area contributed by atoms with Gasteiger partial charge in [0.25, 0.3) is 0 Å². The van der Waals surface area contributed by atoms with E-state index in [2.05, 4.69) is 5.32 Å². The van der Waals surface area contributed by atoms with Crippen LogP contribution < -0.4 is 15.0 Å². The van der Waals surface area contributed by atoms with Crippen LogP contribution in [-0.4, -0.2) is 24.8 Å². The number of carbonyl (C=O) groups excluding carboxylic acids is 2. The second-order valence-electron chi connectivity index (χ2n) is 7.33. The number of amides is 2. The van der Waals surface area contributed by atoms with E-state index in [1.807, 2.05) is 39.0 Å². The molecule has 0 aliphatic carbocycles. The van der Waals surface area contributed by atoms with Gasteiger partial charge in [0.1, 0.15) is 5.75 Å². The molecule has 1 N–H and O–H groups in total. The normalized spacial score (nSPS) is 23.2. The number of carbonyl (C=O) groups is 2. The number of esters is 1. The number of methoxy groups -OCH3 is 1. The molecular formula is C21H22N2O4. The zero-order chi connectivity index (χ0) is 19.3. The van der Waals surface area contributed by atoms with Crippen molar-refractivity contribution in [3.05, 3.63) is 58.7 Å². The first kappa shape index (κ1) is 17.4. The summed E-state index contributed by atoms with van der Waals surface area (Å²) in [7, 11) is 1.35. The number of urea groups is 1. The smallest absolute Gasteiger partial charge is 0.337 e. The number of aryl methyl sites for hydroxylation is 2. The van der Waals surface area contributed by atoms with Crippen LogP contribution in [0.4, 0.5) is 10.5 Å². The van der Waals surface area contributed by atoms with Crippen molar-refractivity contribution in [3.8, 4) is 5.75 Å². The molecule has 6 heteroatoms. The Bertz CT molecular complexity index is 955. The first-order valence-corrected chi connectivity index (χ1v) is 8.91. The number of nitrogens with zero attached hydrogens (tertiary/aromatic N) is 1. The van der Waals surface area contributed by atoms with E-state index in [9.17, 15) is 9.59 Å². The second-order valence-corrected chi connectivity index (χ2v) is 7.33. The molecule has 1 fully saturated rings. The van der Waals surface area contributed by atoms with Crippen LogP contribution in [0, 0.1) is 13.8 Å². The lowest BCUT2D eigenvalue weighted by atomic mass is 9.89. The highest BCUT2D eigenvalue weighted by Gasteiger charge is 2.50. The van der Waals surface area contributed by atoms with Crippen molar-refractivity contribution in [1.82, 2.24) is 5.32 Å². The van der Waals surface area contributed by atoms with Crippen LogP contribution in [0.25, 0.3) is 0 Å². The first-order chi connectivity index (χ1) is 12.8. The van der Waals surface area contributed by atoms with Crippen LogP contribution in [0.15, 0.2) is 36.4 Å². The first-order valence-electron chi connectivity index (χ1n) is 8.91. The van der Waals surface area contributed by atoms with Crippen LogP contribution in [-0.2, 0) is 4.74 Å². The number of nitrogens with one attached hydrogen (secondary N) is 1. The SMILES string of the molecule is COC(=O)c1ccc2c(c1)[C@H]1C[C@](C)(O2)N(c2ccc(C)c(C)c2)C(=O)N1. The Labute approximate surface area is 158 Å². The van der Waals surface area contributed by atoms with Crippen molar-refractivity contribution >= 4 is 17.7 Å². The highest BCUT2D eigenvalue weighted by Crippen LogP contribution is 2.46. The van der Waals surface area contributed by atoms with Gasteiger partial charge in [0.05, 0.1) is 18.7 Å². The molecule has 1 saturated heterocycles. The summed E-state index contributed by atoms with van der Waals surface area (Å²) in [6.45, 7) is 5.99. The maximum atomic E-state index is 12.9. The molecule has 2 aliphatic heterocycles. The second kappa shape index (κ2) is 6.01. The molecule has 4 rings (SSSR count). The van der Waals surface area contributed by atoms with Gasteiger partial charge in [-0.15, -0.1) is 0 Å². The Morgan fingerprint density at radius 1 is 1.22 bits per heavy atom. The molecule has 2 atom stereocenters. The minimum Gasteiger partial charge on any atom is -0.467 e. The Morgan fingerprint density at radius 3 is 2.70 bits per heavy atom. The summed E-state index contributed by atoms with van der Waals surface area (Å²) in [4.78, 5) is 26.4. The zero-order valence-corrected chi connectivity index (χ0v) is 15.8. The van der Waals surface area contributed by atoms with Gasteiger partial charge in [-0.3, -0.25) is 4.90 Å². The van der Waals surface area contributed by atoms with Crippen LogP contribution in [0.5, 0.6) is 5.75 Å². The van der Waals surface area contributed by atoms with Crippen molar-refractivity contribution < 1.29 is 19.1 Å². The van der Waals surface area contributed by atoms with Gasteiger partial charge in [-0.05, 0) is 62.2 Å².